The van der Waals surface area contributed by atoms with Gasteiger partial charge in [-0.25, -0.2) is 0 Å². The molecule has 0 heterocycles. The van der Waals surface area contributed by atoms with Crippen LogP contribution in [0.25, 0.3) is 0 Å². The average molecular weight is 458 g/mol. The summed E-state index contributed by atoms with van der Waals surface area (Å²) in [6.07, 6.45) is -5.42. The minimum atomic E-state index is -1.53. The maximum Gasteiger partial charge on any atom is 0.303 e. The van der Waals surface area contributed by atoms with E-state index in [0.717, 1.165) is 27.7 Å². The maximum absolute atomic E-state index is 11.8. The van der Waals surface area contributed by atoms with Crippen molar-refractivity contribution in [3.8, 4) is 0 Å². The first-order valence-electron chi connectivity index (χ1n) is 6.83. The molecule has 136 valence electrons. The second-order valence-electron chi connectivity index (χ2n) is 4.80. The van der Waals surface area contributed by atoms with Gasteiger partial charge in [0.05, 0.1) is 0 Å². The SMILES string of the molecule is CC(=O)O[C@H]([C@H](OC(C)=O)[C@@H](OC(C)=O)C(=O)I)[C@@H](C)OC(C)=O. The van der Waals surface area contributed by atoms with Gasteiger partial charge < -0.3 is 18.9 Å². The van der Waals surface area contributed by atoms with Crippen LogP contribution in [0.1, 0.15) is 34.6 Å². The molecule has 0 unspecified atom stereocenters. The maximum atomic E-state index is 11.8. The molecule has 0 radical (unpaired) electrons. The summed E-state index contributed by atoms with van der Waals surface area (Å²) in [5.41, 5.74) is 0. The molecule has 0 aliphatic rings. The van der Waals surface area contributed by atoms with Gasteiger partial charge in [-0.05, 0) is 6.92 Å². The van der Waals surface area contributed by atoms with E-state index in [-0.39, 0.29) is 0 Å². The quantitative estimate of drug-likeness (QED) is 0.224. The number of halogens is 1. The van der Waals surface area contributed by atoms with Crippen LogP contribution in [0.3, 0.4) is 0 Å². The van der Waals surface area contributed by atoms with Crippen molar-refractivity contribution in [2.24, 2.45) is 0 Å². The Balaban J connectivity index is 5.81. The molecule has 0 N–H and O–H groups in total. The average Bonchev–Trinajstić information content (AvgIpc) is 2.38. The molecule has 0 bridgehead atoms. The van der Waals surface area contributed by atoms with Crippen LogP contribution in [0.4, 0.5) is 0 Å². The molecule has 0 spiro atoms. The van der Waals surface area contributed by atoms with Gasteiger partial charge in [-0.1, -0.05) is 0 Å². The van der Waals surface area contributed by atoms with Gasteiger partial charge in [0, 0.05) is 50.3 Å². The molecule has 24 heavy (non-hydrogen) atoms. The molecular formula is C14H19IO9. The molecular weight excluding hydrogens is 439 g/mol. The van der Waals surface area contributed by atoms with Crippen LogP contribution >= 0.6 is 22.6 Å². The standard InChI is InChI=1S/C14H19IO9/c1-6(21-7(2)16)11(22-8(3)17)12(23-9(4)18)13(14(15)20)24-10(5)19/h6,11-13H,1-5H3/t6-,11+,12+,13-/m1/s1. The Kier molecular flexibility index (Phi) is 9.48. The van der Waals surface area contributed by atoms with Gasteiger partial charge in [-0.3, -0.25) is 24.0 Å². The zero-order valence-corrected chi connectivity index (χ0v) is 16.0. The van der Waals surface area contributed by atoms with Crippen LogP contribution in [-0.4, -0.2) is 52.1 Å². The minimum Gasteiger partial charge on any atom is -0.459 e. The lowest BCUT2D eigenvalue weighted by molar-refractivity contribution is -0.195. The van der Waals surface area contributed by atoms with Gasteiger partial charge in [0.25, 0.3) is 0 Å². The Bertz CT molecular complexity index is 516. The largest absolute Gasteiger partial charge is 0.459 e. The monoisotopic (exact) mass is 458 g/mol. The first kappa shape index (κ1) is 22.3. The topological polar surface area (TPSA) is 122 Å². The van der Waals surface area contributed by atoms with Crippen LogP contribution in [0, 0.1) is 0 Å². The van der Waals surface area contributed by atoms with Crippen molar-refractivity contribution in [1.82, 2.24) is 0 Å². The molecule has 0 aliphatic carbocycles. The predicted octanol–water partition coefficient (Wildman–Crippen LogP) is 0.695. The number of esters is 4. The van der Waals surface area contributed by atoms with Crippen LogP contribution in [-0.2, 0) is 42.9 Å². The third-order valence-electron chi connectivity index (χ3n) is 2.56. The van der Waals surface area contributed by atoms with Crippen LogP contribution in [0.2, 0.25) is 0 Å². The van der Waals surface area contributed by atoms with Gasteiger partial charge in [-0.15, -0.1) is 0 Å². The number of carbonyl (C=O) groups is 5. The minimum absolute atomic E-state index is 0.666. The van der Waals surface area contributed by atoms with Gasteiger partial charge in [-0.2, -0.15) is 0 Å². The smallest absolute Gasteiger partial charge is 0.303 e. The molecule has 0 fully saturated rings. The van der Waals surface area contributed by atoms with E-state index < -0.39 is 52.1 Å². The third-order valence-corrected chi connectivity index (χ3v) is 3.17. The molecule has 9 nitrogen and oxygen atoms in total. The number of hydrogen-bond acceptors (Lipinski definition) is 9. The molecule has 0 aromatic carbocycles. The molecule has 0 saturated carbocycles. The lowest BCUT2D eigenvalue weighted by Crippen LogP contribution is -2.52. The number of hydrogen-bond donors (Lipinski definition) is 0. The molecule has 0 amide bonds. The fourth-order valence-corrected chi connectivity index (χ4v) is 2.35. The molecule has 10 heteroatoms. The highest BCUT2D eigenvalue weighted by molar-refractivity contribution is 14.1. The fraction of sp³-hybridized carbons (Fsp3) is 0.643. The summed E-state index contributed by atoms with van der Waals surface area (Å²) in [6.45, 7) is 5.73. The van der Waals surface area contributed by atoms with E-state index in [4.69, 9.17) is 18.9 Å². The molecule has 0 aromatic heterocycles. The summed E-state index contributed by atoms with van der Waals surface area (Å²) in [5.74, 6) is -3.05. The predicted molar refractivity (Wildman–Crippen MR) is 86.9 cm³/mol. The summed E-state index contributed by atoms with van der Waals surface area (Å²) in [7, 11) is 0. The molecule has 4 atom stereocenters. The third kappa shape index (κ3) is 8.22. The zero-order valence-electron chi connectivity index (χ0n) is 13.9. The summed E-state index contributed by atoms with van der Waals surface area (Å²) in [5, 5.41) is 0. The molecule has 0 rings (SSSR count). The van der Waals surface area contributed by atoms with Gasteiger partial charge in [0.1, 0.15) is 6.10 Å². The molecule has 0 aliphatic heterocycles. The highest BCUT2D eigenvalue weighted by Crippen LogP contribution is 2.21. The van der Waals surface area contributed by atoms with Crippen molar-refractivity contribution in [3.05, 3.63) is 0 Å². The summed E-state index contributed by atoms with van der Waals surface area (Å²) >= 11 is 1.36. The summed E-state index contributed by atoms with van der Waals surface area (Å²) in [6, 6.07) is 0. The van der Waals surface area contributed by atoms with E-state index in [0.29, 0.717) is 0 Å². The fourth-order valence-electron chi connectivity index (χ4n) is 1.86. The molecule has 0 aromatic rings. The van der Waals surface area contributed by atoms with E-state index in [1.54, 1.807) is 0 Å². The highest BCUT2D eigenvalue weighted by atomic mass is 127. The van der Waals surface area contributed by atoms with E-state index in [9.17, 15) is 24.0 Å². The lowest BCUT2D eigenvalue weighted by atomic mass is 10.0. The highest BCUT2D eigenvalue weighted by Gasteiger charge is 2.44. The first-order valence-corrected chi connectivity index (χ1v) is 7.91. The van der Waals surface area contributed by atoms with Crippen molar-refractivity contribution in [3.63, 3.8) is 0 Å². The second-order valence-corrected chi connectivity index (χ2v) is 5.86. The van der Waals surface area contributed by atoms with Crippen molar-refractivity contribution in [2.75, 3.05) is 0 Å². The normalized spacial score (nSPS) is 15.2. The van der Waals surface area contributed by atoms with Crippen molar-refractivity contribution in [1.29, 1.82) is 0 Å². The van der Waals surface area contributed by atoms with E-state index >= 15 is 0 Å². The summed E-state index contributed by atoms with van der Waals surface area (Å²) < 4.78 is 19.2. The first-order chi connectivity index (χ1) is 11.0. The molecule has 0 saturated heterocycles. The Morgan fingerprint density at radius 2 is 1.04 bits per heavy atom. The number of rotatable bonds is 8. The van der Waals surface area contributed by atoms with Gasteiger partial charge in [0.2, 0.25) is 9.89 Å². The van der Waals surface area contributed by atoms with Crippen LogP contribution in [0.5, 0.6) is 0 Å². The number of ether oxygens (including phenoxy) is 4. The van der Waals surface area contributed by atoms with Gasteiger partial charge in [0.15, 0.2) is 12.2 Å². The Labute approximate surface area is 152 Å². The second kappa shape index (κ2) is 10.2. The Hall–Kier alpha value is -1.72. The Morgan fingerprint density at radius 3 is 1.38 bits per heavy atom. The van der Waals surface area contributed by atoms with Gasteiger partial charge >= 0.3 is 23.9 Å². The van der Waals surface area contributed by atoms with Crippen LogP contribution < -0.4 is 0 Å². The zero-order chi connectivity index (χ0) is 19.0. The van der Waals surface area contributed by atoms with E-state index in [2.05, 4.69) is 0 Å². The van der Waals surface area contributed by atoms with E-state index in [1.807, 2.05) is 0 Å². The van der Waals surface area contributed by atoms with E-state index in [1.165, 1.54) is 29.5 Å². The number of carbonyl (C=O) groups excluding carboxylic acids is 5. The Morgan fingerprint density at radius 1 is 0.667 bits per heavy atom. The van der Waals surface area contributed by atoms with Crippen molar-refractivity contribution < 1.29 is 42.9 Å². The van der Waals surface area contributed by atoms with Crippen molar-refractivity contribution in [2.45, 2.75) is 59.0 Å². The van der Waals surface area contributed by atoms with Crippen molar-refractivity contribution >= 4 is 50.3 Å². The van der Waals surface area contributed by atoms with Crippen LogP contribution in [0.15, 0.2) is 0 Å². The summed E-state index contributed by atoms with van der Waals surface area (Å²) in [4.78, 5) is 56.9. The lowest BCUT2D eigenvalue weighted by Gasteiger charge is -2.33.